The van der Waals surface area contributed by atoms with Crippen molar-refractivity contribution >= 4 is 0 Å². The van der Waals surface area contributed by atoms with Gasteiger partial charge < -0.3 is 0 Å². The molecule has 1 rings (SSSR count). The van der Waals surface area contributed by atoms with Crippen molar-refractivity contribution < 1.29 is 0 Å². The zero-order chi connectivity index (χ0) is 8.97. The molecule has 0 saturated heterocycles. The molecule has 0 amide bonds. The van der Waals surface area contributed by atoms with E-state index in [2.05, 4.69) is 29.4 Å². The van der Waals surface area contributed by atoms with E-state index in [-0.39, 0.29) is 0 Å². The Balaban J connectivity index is 2.63. The Labute approximate surface area is 71.9 Å². The molecule has 0 aromatic carbocycles. The van der Waals surface area contributed by atoms with Crippen LogP contribution in [-0.2, 0) is 13.1 Å². The Morgan fingerprint density at radius 2 is 2.42 bits per heavy atom. The molecule has 0 saturated carbocycles. The third-order valence-corrected chi connectivity index (χ3v) is 1.49. The van der Waals surface area contributed by atoms with Gasteiger partial charge in [-0.3, -0.25) is 11.3 Å². The van der Waals surface area contributed by atoms with Crippen LogP contribution in [0.4, 0.5) is 0 Å². The van der Waals surface area contributed by atoms with Crippen LogP contribution >= 0.6 is 0 Å². The van der Waals surface area contributed by atoms with Crippen LogP contribution in [0.3, 0.4) is 0 Å². The lowest BCUT2D eigenvalue weighted by atomic mass is 10.2. The van der Waals surface area contributed by atoms with Crippen molar-refractivity contribution in [2.24, 2.45) is 11.8 Å². The van der Waals surface area contributed by atoms with Gasteiger partial charge >= 0.3 is 0 Å². The molecule has 1 heterocycles. The molecule has 5 heteroatoms. The molecule has 0 bridgehead atoms. The summed E-state index contributed by atoms with van der Waals surface area (Å²) in [7, 11) is 0. The van der Waals surface area contributed by atoms with Crippen LogP contribution in [0, 0.1) is 5.92 Å². The Hall–Kier alpha value is -0.940. The van der Waals surface area contributed by atoms with Crippen LogP contribution in [-0.4, -0.2) is 14.8 Å². The molecule has 0 unspecified atom stereocenters. The molecule has 0 atom stereocenters. The van der Waals surface area contributed by atoms with Gasteiger partial charge in [-0.1, -0.05) is 13.8 Å². The maximum Gasteiger partial charge on any atom is 0.142 e. The number of nitrogens with zero attached hydrogens (tertiary/aromatic N) is 3. The standard InChI is InChI=1S/C7H15N5/c1-6(2)4-12-7(3-10-8)9-5-11-12/h5-6,10H,3-4,8H2,1-2H3. The quantitative estimate of drug-likeness (QED) is 0.487. The van der Waals surface area contributed by atoms with E-state index in [1.165, 1.54) is 0 Å². The summed E-state index contributed by atoms with van der Waals surface area (Å²) in [4.78, 5) is 4.07. The summed E-state index contributed by atoms with van der Waals surface area (Å²) in [5.74, 6) is 6.64. The van der Waals surface area contributed by atoms with Crippen molar-refractivity contribution in [3.05, 3.63) is 12.2 Å². The molecule has 3 N–H and O–H groups in total. The molecule has 0 radical (unpaired) electrons. The second kappa shape index (κ2) is 4.18. The minimum absolute atomic E-state index is 0.562. The molecular weight excluding hydrogens is 154 g/mol. The first-order valence-electron chi connectivity index (χ1n) is 4.04. The fourth-order valence-corrected chi connectivity index (χ4v) is 1.01. The Kier molecular flexibility index (Phi) is 3.19. The van der Waals surface area contributed by atoms with Crippen molar-refractivity contribution in [3.63, 3.8) is 0 Å². The van der Waals surface area contributed by atoms with E-state index in [4.69, 9.17) is 5.84 Å². The average Bonchev–Trinajstić information content (AvgIpc) is 2.37. The molecule has 1 aromatic heterocycles. The molecule has 0 aliphatic carbocycles. The molecular formula is C7H15N5. The fraction of sp³-hybridized carbons (Fsp3) is 0.714. The van der Waals surface area contributed by atoms with Crippen molar-refractivity contribution in [1.82, 2.24) is 20.2 Å². The highest BCUT2D eigenvalue weighted by Crippen LogP contribution is 1.99. The van der Waals surface area contributed by atoms with Gasteiger partial charge in [-0.25, -0.2) is 9.67 Å². The molecule has 0 fully saturated rings. The third kappa shape index (κ3) is 2.28. The highest BCUT2D eigenvalue weighted by atomic mass is 15.4. The average molecular weight is 169 g/mol. The van der Waals surface area contributed by atoms with E-state index in [1.807, 2.05) is 4.68 Å². The summed E-state index contributed by atoms with van der Waals surface area (Å²) in [6, 6.07) is 0. The fourth-order valence-electron chi connectivity index (χ4n) is 1.01. The summed E-state index contributed by atoms with van der Waals surface area (Å²) in [6.45, 7) is 5.73. The van der Waals surface area contributed by atoms with Gasteiger partial charge in [0.15, 0.2) is 0 Å². The lowest BCUT2D eigenvalue weighted by molar-refractivity contribution is 0.459. The minimum Gasteiger partial charge on any atom is -0.271 e. The molecule has 1 aromatic rings. The van der Waals surface area contributed by atoms with Gasteiger partial charge in [0.25, 0.3) is 0 Å². The molecule has 0 aliphatic heterocycles. The van der Waals surface area contributed by atoms with Crippen molar-refractivity contribution in [3.8, 4) is 0 Å². The summed E-state index contributed by atoms with van der Waals surface area (Å²) in [5.41, 5.74) is 2.56. The van der Waals surface area contributed by atoms with Gasteiger partial charge in [-0.2, -0.15) is 5.10 Å². The summed E-state index contributed by atoms with van der Waals surface area (Å²) in [5, 5.41) is 4.08. The highest BCUT2D eigenvalue weighted by molar-refractivity contribution is 4.83. The topological polar surface area (TPSA) is 68.8 Å². The molecule has 0 aliphatic rings. The maximum atomic E-state index is 5.19. The van der Waals surface area contributed by atoms with Gasteiger partial charge in [0.2, 0.25) is 0 Å². The van der Waals surface area contributed by atoms with E-state index in [0.29, 0.717) is 12.5 Å². The number of nitrogens with two attached hydrogens (primary N) is 1. The summed E-state index contributed by atoms with van der Waals surface area (Å²) < 4.78 is 1.87. The Bertz CT molecular complexity index is 229. The van der Waals surface area contributed by atoms with Gasteiger partial charge in [-0.15, -0.1) is 0 Å². The van der Waals surface area contributed by atoms with E-state index < -0.39 is 0 Å². The molecule has 12 heavy (non-hydrogen) atoms. The van der Waals surface area contributed by atoms with Crippen molar-refractivity contribution in [1.29, 1.82) is 0 Å². The van der Waals surface area contributed by atoms with Crippen molar-refractivity contribution in [2.75, 3.05) is 0 Å². The largest absolute Gasteiger partial charge is 0.271 e. The predicted octanol–water partition coefficient (Wildman–Crippen LogP) is -0.103. The monoisotopic (exact) mass is 169 g/mol. The van der Waals surface area contributed by atoms with Crippen LogP contribution in [0.5, 0.6) is 0 Å². The van der Waals surface area contributed by atoms with Crippen LogP contribution in [0.25, 0.3) is 0 Å². The van der Waals surface area contributed by atoms with Crippen LogP contribution in [0.1, 0.15) is 19.7 Å². The third-order valence-electron chi connectivity index (χ3n) is 1.49. The van der Waals surface area contributed by atoms with Gasteiger partial charge in [-0.05, 0) is 5.92 Å². The summed E-state index contributed by atoms with van der Waals surface area (Å²) in [6.07, 6.45) is 1.55. The second-order valence-electron chi connectivity index (χ2n) is 3.13. The number of aromatic nitrogens is 3. The molecule has 68 valence electrons. The Morgan fingerprint density at radius 3 is 3.00 bits per heavy atom. The number of hydrazine groups is 1. The van der Waals surface area contributed by atoms with Gasteiger partial charge in [0.1, 0.15) is 12.2 Å². The zero-order valence-corrected chi connectivity index (χ0v) is 7.49. The molecule has 5 nitrogen and oxygen atoms in total. The normalized spacial score (nSPS) is 11.0. The van der Waals surface area contributed by atoms with E-state index in [1.54, 1.807) is 6.33 Å². The first-order valence-corrected chi connectivity index (χ1v) is 4.04. The second-order valence-corrected chi connectivity index (χ2v) is 3.13. The van der Waals surface area contributed by atoms with E-state index in [0.717, 1.165) is 12.4 Å². The predicted molar refractivity (Wildman–Crippen MR) is 45.9 cm³/mol. The first kappa shape index (κ1) is 9.15. The maximum absolute atomic E-state index is 5.19. The SMILES string of the molecule is CC(C)Cn1ncnc1CNN. The Morgan fingerprint density at radius 1 is 1.67 bits per heavy atom. The lowest BCUT2D eigenvalue weighted by Gasteiger charge is -2.07. The number of hydrogen-bond donors (Lipinski definition) is 2. The van der Waals surface area contributed by atoms with Crippen LogP contribution in [0.15, 0.2) is 6.33 Å². The summed E-state index contributed by atoms with van der Waals surface area (Å²) >= 11 is 0. The molecule has 0 spiro atoms. The zero-order valence-electron chi connectivity index (χ0n) is 7.49. The van der Waals surface area contributed by atoms with Crippen LogP contribution in [0.2, 0.25) is 0 Å². The smallest absolute Gasteiger partial charge is 0.142 e. The van der Waals surface area contributed by atoms with Gasteiger partial charge in [0.05, 0.1) is 6.54 Å². The number of nitrogens with one attached hydrogen (secondary N) is 1. The van der Waals surface area contributed by atoms with E-state index >= 15 is 0 Å². The number of hydrogen-bond acceptors (Lipinski definition) is 4. The van der Waals surface area contributed by atoms with Crippen molar-refractivity contribution in [2.45, 2.75) is 26.9 Å². The highest BCUT2D eigenvalue weighted by Gasteiger charge is 2.03. The lowest BCUT2D eigenvalue weighted by Crippen LogP contribution is -2.24. The van der Waals surface area contributed by atoms with Gasteiger partial charge in [0, 0.05) is 6.54 Å². The number of rotatable bonds is 4. The van der Waals surface area contributed by atoms with Crippen LogP contribution < -0.4 is 11.3 Å². The minimum atomic E-state index is 0.562. The first-order chi connectivity index (χ1) is 5.74. The van der Waals surface area contributed by atoms with E-state index in [9.17, 15) is 0 Å².